The van der Waals surface area contributed by atoms with Crippen LogP contribution in [-0.2, 0) is 10.0 Å². The van der Waals surface area contributed by atoms with Crippen LogP contribution in [0.25, 0.3) is 10.8 Å². The number of fused-ring (bicyclic) bond motifs is 1. The largest absolute Gasteiger partial charge is 0.387 e. The summed E-state index contributed by atoms with van der Waals surface area (Å²) in [5.41, 5.74) is 0.948. The van der Waals surface area contributed by atoms with Gasteiger partial charge in [-0.2, -0.15) is 5.10 Å². The van der Waals surface area contributed by atoms with Crippen molar-refractivity contribution in [3.05, 3.63) is 70.6 Å². The summed E-state index contributed by atoms with van der Waals surface area (Å²) in [4.78, 5) is 12.6. The van der Waals surface area contributed by atoms with E-state index in [0.717, 1.165) is 11.6 Å². The zero-order valence-electron chi connectivity index (χ0n) is 16.2. The summed E-state index contributed by atoms with van der Waals surface area (Å²) in [5.74, 6) is 0. The van der Waals surface area contributed by atoms with Crippen LogP contribution < -0.4 is 15.6 Å². The highest BCUT2D eigenvalue weighted by Crippen LogP contribution is 2.17. The van der Waals surface area contributed by atoms with Crippen LogP contribution in [0.15, 0.2) is 59.5 Å². The van der Waals surface area contributed by atoms with Crippen molar-refractivity contribution < 1.29 is 13.5 Å². The van der Waals surface area contributed by atoms with E-state index in [1.54, 1.807) is 36.5 Å². The van der Waals surface area contributed by atoms with Gasteiger partial charge in [-0.15, -0.1) is 0 Å². The SMILES string of the molecule is CC(CNCC(O)c1ccc(NS(C)(=O)=O)cc1)n1ncc2ccccc2c1=O. The Balaban J connectivity index is 1.58. The molecule has 0 aliphatic carbocycles. The molecule has 0 saturated carbocycles. The molecule has 0 amide bonds. The number of hydrogen-bond acceptors (Lipinski definition) is 6. The van der Waals surface area contributed by atoms with Crippen LogP contribution in [0.5, 0.6) is 0 Å². The van der Waals surface area contributed by atoms with Crippen molar-refractivity contribution in [3.8, 4) is 0 Å². The molecule has 3 rings (SSSR count). The molecule has 154 valence electrons. The normalized spacial score (nSPS) is 13.9. The molecule has 1 aromatic heterocycles. The third-order valence-corrected chi connectivity index (χ3v) is 5.12. The van der Waals surface area contributed by atoms with Gasteiger partial charge in [0.05, 0.1) is 30.0 Å². The zero-order chi connectivity index (χ0) is 21.0. The van der Waals surface area contributed by atoms with Gasteiger partial charge in [-0.3, -0.25) is 9.52 Å². The molecular weight excluding hydrogens is 392 g/mol. The number of hydrogen-bond donors (Lipinski definition) is 3. The molecule has 2 atom stereocenters. The van der Waals surface area contributed by atoms with Gasteiger partial charge in [0.15, 0.2) is 0 Å². The van der Waals surface area contributed by atoms with Gasteiger partial charge in [-0.1, -0.05) is 30.3 Å². The van der Waals surface area contributed by atoms with Gasteiger partial charge in [0, 0.05) is 24.2 Å². The van der Waals surface area contributed by atoms with Crippen LogP contribution in [0.1, 0.15) is 24.6 Å². The fraction of sp³-hybridized carbons (Fsp3) is 0.300. The van der Waals surface area contributed by atoms with Gasteiger partial charge in [-0.25, -0.2) is 13.1 Å². The van der Waals surface area contributed by atoms with E-state index in [9.17, 15) is 18.3 Å². The smallest absolute Gasteiger partial charge is 0.274 e. The van der Waals surface area contributed by atoms with Crippen LogP contribution in [0.2, 0.25) is 0 Å². The Bertz CT molecular complexity index is 1140. The summed E-state index contributed by atoms with van der Waals surface area (Å²) < 4.78 is 26.3. The van der Waals surface area contributed by atoms with Crippen LogP contribution >= 0.6 is 0 Å². The van der Waals surface area contributed by atoms with E-state index in [4.69, 9.17) is 0 Å². The number of aliphatic hydroxyl groups is 1. The predicted octanol–water partition coefficient (Wildman–Crippen LogP) is 1.65. The lowest BCUT2D eigenvalue weighted by Gasteiger charge is -2.17. The molecule has 1 heterocycles. The number of rotatable bonds is 8. The van der Waals surface area contributed by atoms with E-state index < -0.39 is 16.1 Å². The van der Waals surface area contributed by atoms with E-state index in [0.29, 0.717) is 23.2 Å². The molecule has 8 nitrogen and oxygen atoms in total. The van der Waals surface area contributed by atoms with Crippen molar-refractivity contribution in [1.29, 1.82) is 0 Å². The standard InChI is InChI=1S/C20H24N4O4S/c1-14(24-20(26)18-6-4-3-5-16(18)12-22-24)11-21-13-19(25)15-7-9-17(10-8-15)23-29(2,27)28/h3-10,12,14,19,21,23,25H,11,13H2,1-2H3. The molecule has 0 saturated heterocycles. The summed E-state index contributed by atoms with van der Waals surface area (Å²) in [7, 11) is -3.34. The van der Waals surface area contributed by atoms with E-state index in [1.165, 1.54) is 4.68 Å². The maximum Gasteiger partial charge on any atom is 0.274 e. The fourth-order valence-electron chi connectivity index (χ4n) is 3.04. The average molecular weight is 417 g/mol. The average Bonchev–Trinajstić information content (AvgIpc) is 2.67. The summed E-state index contributed by atoms with van der Waals surface area (Å²) in [6.45, 7) is 2.62. The molecule has 0 spiro atoms. The van der Waals surface area contributed by atoms with E-state index in [1.807, 2.05) is 25.1 Å². The molecular formula is C20H24N4O4S. The fourth-order valence-corrected chi connectivity index (χ4v) is 3.60. The second-order valence-corrected chi connectivity index (χ2v) is 8.75. The number of nitrogens with zero attached hydrogens (tertiary/aromatic N) is 2. The molecule has 9 heteroatoms. The number of nitrogens with one attached hydrogen (secondary N) is 2. The number of aromatic nitrogens is 2. The first kappa shape index (κ1) is 21.0. The highest BCUT2D eigenvalue weighted by Gasteiger charge is 2.12. The van der Waals surface area contributed by atoms with Crippen LogP contribution in [0.4, 0.5) is 5.69 Å². The Hall–Kier alpha value is -2.75. The first-order chi connectivity index (χ1) is 13.7. The zero-order valence-corrected chi connectivity index (χ0v) is 17.1. The summed E-state index contributed by atoms with van der Waals surface area (Å²) in [6, 6.07) is 13.7. The monoisotopic (exact) mass is 416 g/mol. The van der Waals surface area contributed by atoms with Crippen LogP contribution in [0.3, 0.4) is 0 Å². The maximum atomic E-state index is 12.6. The number of benzene rings is 2. The highest BCUT2D eigenvalue weighted by molar-refractivity contribution is 7.92. The molecule has 2 aromatic carbocycles. The van der Waals surface area contributed by atoms with Gasteiger partial charge in [0.2, 0.25) is 10.0 Å². The van der Waals surface area contributed by atoms with E-state index in [-0.39, 0.29) is 18.1 Å². The maximum absolute atomic E-state index is 12.6. The lowest BCUT2D eigenvalue weighted by Crippen LogP contribution is -2.33. The molecule has 29 heavy (non-hydrogen) atoms. The van der Waals surface area contributed by atoms with Crippen molar-refractivity contribution in [2.45, 2.75) is 19.1 Å². The summed E-state index contributed by atoms with van der Waals surface area (Å²) in [6.07, 6.45) is 1.99. The highest BCUT2D eigenvalue weighted by atomic mass is 32.2. The van der Waals surface area contributed by atoms with Crippen molar-refractivity contribution in [3.63, 3.8) is 0 Å². The second-order valence-electron chi connectivity index (χ2n) is 7.00. The molecule has 0 aliphatic heterocycles. The Morgan fingerprint density at radius 1 is 1.10 bits per heavy atom. The van der Waals surface area contributed by atoms with Crippen molar-refractivity contribution >= 4 is 26.5 Å². The number of sulfonamides is 1. The van der Waals surface area contributed by atoms with Crippen molar-refractivity contribution in [2.24, 2.45) is 0 Å². The molecule has 3 aromatic rings. The van der Waals surface area contributed by atoms with E-state index in [2.05, 4.69) is 15.1 Å². The third kappa shape index (κ3) is 5.41. The number of aliphatic hydroxyl groups excluding tert-OH is 1. The van der Waals surface area contributed by atoms with Crippen molar-refractivity contribution in [2.75, 3.05) is 24.1 Å². The minimum atomic E-state index is -3.34. The van der Waals surface area contributed by atoms with Gasteiger partial charge in [0.25, 0.3) is 5.56 Å². The molecule has 0 fully saturated rings. The summed E-state index contributed by atoms with van der Waals surface area (Å²) >= 11 is 0. The molecule has 3 N–H and O–H groups in total. The Morgan fingerprint density at radius 2 is 1.79 bits per heavy atom. The molecule has 0 bridgehead atoms. The quantitative estimate of drug-likeness (QED) is 0.515. The molecule has 0 aliphatic rings. The first-order valence-electron chi connectivity index (χ1n) is 9.18. The van der Waals surface area contributed by atoms with Gasteiger partial charge in [-0.05, 0) is 30.7 Å². The minimum absolute atomic E-state index is 0.146. The molecule has 0 radical (unpaired) electrons. The lowest BCUT2D eigenvalue weighted by molar-refractivity contribution is 0.173. The Morgan fingerprint density at radius 3 is 2.48 bits per heavy atom. The van der Waals surface area contributed by atoms with Crippen molar-refractivity contribution in [1.82, 2.24) is 15.1 Å². The van der Waals surface area contributed by atoms with Gasteiger partial charge in [0.1, 0.15) is 0 Å². The Labute approximate surface area is 169 Å². The van der Waals surface area contributed by atoms with Gasteiger partial charge < -0.3 is 10.4 Å². The lowest BCUT2D eigenvalue weighted by atomic mass is 10.1. The van der Waals surface area contributed by atoms with Crippen LogP contribution in [0, 0.1) is 0 Å². The Kier molecular flexibility index (Phi) is 6.31. The van der Waals surface area contributed by atoms with E-state index >= 15 is 0 Å². The number of anilines is 1. The predicted molar refractivity (Wildman–Crippen MR) is 113 cm³/mol. The molecule has 2 unspecified atom stereocenters. The topological polar surface area (TPSA) is 113 Å². The van der Waals surface area contributed by atoms with Gasteiger partial charge >= 0.3 is 0 Å². The minimum Gasteiger partial charge on any atom is -0.387 e. The summed E-state index contributed by atoms with van der Waals surface area (Å²) in [5, 5.41) is 19.2. The second kappa shape index (κ2) is 8.73. The first-order valence-corrected chi connectivity index (χ1v) is 11.1. The van der Waals surface area contributed by atoms with Crippen LogP contribution in [-0.4, -0.2) is 42.7 Å². The third-order valence-electron chi connectivity index (χ3n) is 4.51.